The third kappa shape index (κ3) is 4.50. The largest absolute Gasteiger partial charge is 0.381 e. The number of nitrogens with zero attached hydrogens (tertiary/aromatic N) is 3. The number of amides is 1. The lowest BCUT2D eigenvalue weighted by atomic mass is 9.82. The number of benzene rings is 1. The highest BCUT2D eigenvalue weighted by molar-refractivity contribution is 6.32. The first-order valence-corrected chi connectivity index (χ1v) is 13.7. The molecule has 9 heteroatoms. The van der Waals surface area contributed by atoms with Gasteiger partial charge in [-0.05, 0) is 72.6 Å². The summed E-state index contributed by atoms with van der Waals surface area (Å²) in [6.07, 6.45) is 5.27. The summed E-state index contributed by atoms with van der Waals surface area (Å²) >= 11 is 6.71. The van der Waals surface area contributed by atoms with Gasteiger partial charge in [0.05, 0.1) is 12.7 Å². The minimum atomic E-state index is -1.30. The number of hydrogen-bond acceptors (Lipinski definition) is 6. The van der Waals surface area contributed by atoms with Crippen LogP contribution in [-0.4, -0.2) is 67.0 Å². The van der Waals surface area contributed by atoms with E-state index in [9.17, 15) is 14.4 Å². The summed E-state index contributed by atoms with van der Waals surface area (Å²) in [5.41, 5.74) is 0.0708. The number of aromatic nitrogens is 1. The predicted octanol–water partition coefficient (Wildman–Crippen LogP) is 4.84. The highest BCUT2D eigenvalue weighted by atomic mass is 35.5. The van der Waals surface area contributed by atoms with E-state index in [4.69, 9.17) is 21.1 Å². The molecule has 1 N–H and O–H groups in total. The highest BCUT2D eigenvalue weighted by Crippen LogP contribution is 2.59. The normalized spacial score (nSPS) is 30.2. The van der Waals surface area contributed by atoms with Gasteiger partial charge in [-0.25, -0.2) is 9.37 Å². The molecule has 1 aromatic carbocycles. The second-order valence-electron chi connectivity index (χ2n) is 11.1. The van der Waals surface area contributed by atoms with Gasteiger partial charge in [-0.3, -0.25) is 9.69 Å². The lowest BCUT2D eigenvalue weighted by molar-refractivity contribution is -0.118. The Labute approximate surface area is 221 Å². The van der Waals surface area contributed by atoms with Crippen LogP contribution in [0.5, 0.6) is 0 Å². The standard InChI is InChI=1S/C28H32ClFN4O3/c29-23-12-20-15-32-25(33-26(35)22-14-27(22)3-8-36-9-4-27)13-19(20)11-21(23)18-1-6-34(7-2-18)28(17-31)5-10-37-16-24(28)30/h11-13,15,18,22,24H,1-10,14,16H2,(H,32,33,35). The van der Waals surface area contributed by atoms with E-state index in [1.807, 2.05) is 17.0 Å². The Morgan fingerprint density at radius 3 is 2.62 bits per heavy atom. The van der Waals surface area contributed by atoms with Gasteiger partial charge < -0.3 is 14.8 Å². The summed E-state index contributed by atoms with van der Waals surface area (Å²) in [6, 6.07) is 8.22. The van der Waals surface area contributed by atoms with Crippen molar-refractivity contribution in [3.63, 3.8) is 0 Å². The van der Waals surface area contributed by atoms with E-state index in [0.29, 0.717) is 37.0 Å². The molecule has 1 aliphatic carbocycles. The Bertz CT molecular complexity index is 1240. The molecule has 3 saturated heterocycles. The van der Waals surface area contributed by atoms with Crippen molar-refractivity contribution in [3.05, 3.63) is 35.0 Å². The van der Waals surface area contributed by atoms with Crippen molar-refractivity contribution in [1.29, 1.82) is 5.26 Å². The van der Waals surface area contributed by atoms with Crippen LogP contribution < -0.4 is 5.32 Å². The minimum absolute atomic E-state index is 0.0208. The molecule has 3 atom stereocenters. The molecular weight excluding hydrogens is 495 g/mol. The van der Waals surface area contributed by atoms with Crippen LogP contribution in [0.25, 0.3) is 10.8 Å². The van der Waals surface area contributed by atoms with Crippen LogP contribution >= 0.6 is 11.6 Å². The van der Waals surface area contributed by atoms with Gasteiger partial charge in [-0.15, -0.1) is 0 Å². The van der Waals surface area contributed by atoms with Crippen molar-refractivity contribution >= 4 is 34.1 Å². The first-order valence-electron chi connectivity index (χ1n) is 13.3. The van der Waals surface area contributed by atoms with Gasteiger partial charge in [-0.2, -0.15) is 5.26 Å². The number of piperidine rings is 1. The van der Waals surface area contributed by atoms with E-state index in [2.05, 4.69) is 22.4 Å². The van der Waals surface area contributed by atoms with E-state index in [1.54, 1.807) is 6.20 Å². The molecule has 3 unspecified atom stereocenters. The number of nitrogens with one attached hydrogen (secondary N) is 1. The van der Waals surface area contributed by atoms with Crippen LogP contribution in [-0.2, 0) is 14.3 Å². The molecular formula is C28H32ClFN4O3. The molecule has 196 valence electrons. The quantitative estimate of drug-likeness (QED) is 0.613. The average molecular weight is 527 g/mol. The van der Waals surface area contributed by atoms with Gasteiger partial charge in [0.2, 0.25) is 5.91 Å². The zero-order valence-corrected chi connectivity index (χ0v) is 21.6. The molecule has 6 rings (SSSR count). The number of alkyl halides is 1. The Balaban J connectivity index is 1.16. The summed E-state index contributed by atoms with van der Waals surface area (Å²) in [5.74, 6) is 0.851. The zero-order valence-electron chi connectivity index (χ0n) is 20.8. The maximum absolute atomic E-state index is 14.8. The van der Waals surface area contributed by atoms with E-state index >= 15 is 0 Å². The molecule has 7 nitrogen and oxygen atoms in total. The van der Waals surface area contributed by atoms with Crippen molar-refractivity contribution in [2.75, 3.05) is 44.8 Å². The molecule has 1 aromatic heterocycles. The summed E-state index contributed by atoms with van der Waals surface area (Å²) in [5, 5.41) is 15.5. The SMILES string of the molecule is N#CC1(N2CCC(c3cc4cc(NC(=O)C5CC56CCOCC6)ncc4cc3Cl)CC2)CCOCC1F. The number of carbonyl (C=O) groups is 1. The maximum atomic E-state index is 14.8. The van der Waals surface area contributed by atoms with E-state index in [0.717, 1.165) is 61.7 Å². The summed E-state index contributed by atoms with van der Waals surface area (Å²) in [4.78, 5) is 19.4. The average Bonchev–Trinajstić information content (AvgIpc) is 3.62. The molecule has 37 heavy (non-hydrogen) atoms. The number of halogens is 2. The molecule has 1 spiro atoms. The van der Waals surface area contributed by atoms with Gasteiger partial charge >= 0.3 is 0 Å². The molecule has 2 aromatic rings. The molecule has 4 aliphatic rings. The molecule has 4 heterocycles. The van der Waals surface area contributed by atoms with Crippen LogP contribution in [0.1, 0.15) is 50.0 Å². The van der Waals surface area contributed by atoms with Crippen LogP contribution in [0.2, 0.25) is 5.02 Å². The van der Waals surface area contributed by atoms with Crippen molar-refractivity contribution < 1.29 is 18.7 Å². The van der Waals surface area contributed by atoms with Crippen molar-refractivity contribution in [2.24, 2.45) is 11.3 Å². The number of hydrogen-bond donors (Lipinski definition) is 1. The lowest BCUT2D eigenvalue weighted by Crippen LogP contribution is -2.60. The second-order valence-corrected chi connectivity index (χ2v) is 11.5. The third-order valence-electron chi connectivity index (χ3n) is 9.19. The van der Waals surface area contributed by atoms with Crippen molar-refractivity contribution in [3.8, 4) is 6.07 Å². The number of ether oxygens (including phenoxy) is 2. The van der Waals surface area contributed by atoms with Gasteiger partial charge in [0.15, 0.2) is 6.17 Å². The fourth-order valence-corrected chi connectivity index (χ4v) is 7.00. The van der Waals surface area contributed by atoms with Gasteiger partial charge in [0, 0.05) is 61.9 Å². The first kappa shape index (κ1) is 25.0. The Kier molecular flexibility index (Phi) is 6.60. The predicted molar refractivity (Wildman–Crippen MR) is 138 cm³/mol. The van der Waals surface area contributed by atoms with E-state index < -0.39 is 11.7 Å². The summed E-state index contributed by atoms with van der Waals surface area (Å²) in [7, 11) is 0. The molecule has 3 aliphatic heterocycles. The highest BCUT2D eigenvalue weighted by Gasteiger charge is 2.58. The number of likely N-dealkylation sites (tertiary alicyclic amines) is 1. The van der Waals surface area contributed by atoms with Crippen LogP contribution in [0, 0.1) is 22.7 Å². The fraction of sp³-hybridized carbons (Fsp3) is 0.607. The van der Waals surface area contributed by atoms with Crippen LogP contribution in [0.3, 0.4) is 0 Å². The number of rotatable bonds is 4. The molecule has 1 saturated carbocycles. The number of anilines is 1. The van der Waals surface area contributed by atoms with E-state index in [-0.39, 0.29) is 29.8 Å². The van der Waals surface area contributed by atoms with Crippen molar-refractivity contribution in [1.82, 2.24) is 9.88 Å². The number of nitriles is 1. The molecule has 4 fully saturated rings. The van der Waals surface area contributed by atoms with Crippen LogP contribution in [0.15, 0.2) is 24.4 Å². The maximum Gasteiger partial charge on any atom is 0.229 e. The third-order valence-corrected chi connectivity index (χ3v) is 9.51. The molecule has 0 bridgehead atoms. The Morgan fingerprint density at radius 2 is 1.89 bits per heavy atom. The Morgan fingerprint density at radius 1 is 1.14 bits per heavy atom. The summed E-state index contributed by atoms with van der Waals surface area (Å²) < 4.78 is 25.5. The van der Waals surface area contributed by atoms with E-state index in [1.165, 1.54) is 0 Å². The van der Waals surface area contributed by atoms with Gasteiger partial charge in [0.25, 0.3) is 0 Å². The molecule has 1 amide bonds. The lowest BCUT2D eigenvalue weighted by Gasteiger charge is -2.46. The first-order chi connectivity index (χ1) is 17.9. The molecule has 0 radical (unpaired) electrons. The number of carbonyl (C=O) groups excluding carboxylic acids is 1. The Hall–Kier alpha value is -2.31. The zero-order chi connectivity index (χ0) is 25.6. The number of pyridine rings is 1. The van der Waals surface area contributed by atoms with Gasteiger partial charge in [-0.1, -0.05) is 11.6 Å². The van der Waals surface area contributed by atoms with Crippen molar-refractivity contribution in [2.45, 2.75) is 56.2 Å². The second kappa shape index (κ2) is 9.77. The monoisotopic (exact) mass is 526 g/mol. The topological polar surface area (TPSA) is 87.5 Å². The fourth-order valence-electron chi connectivity index (χ4n) is 6.68. The van der Waals surface area contributed by atoms with Crippen LogP contribution in [0.4, 0.5) is 10.2 Å². The number of fused-ring (bicyclic) bond motifs is 1. The smallest absolute Gasteiger partial charge is 0.229 e. The minimum Gasteiger partial charge on any atom is -0.381 e. The summed E-state index contributed by atoms with van der Waals surface area (Å²) in [6.45, 7) is 3.14. The van der Waals surface area contributed by atoms with Gasteiger partial charge in [0.1, 0.15) is 11.4 Å².